The topological polar surface area (TPSA) is 117 Å². The zero-order valence-corrected chi connectivity index (χ0v) is 32.6. The molecule has 1 fully saturated rings. The standard InChI is InChI=1S/C38H46N5O5PSSi/c1-7-26-47-37(46)35(49(29-18-11-8-12-19-29,30-20-13-9-14-21-30)31-22-15-10-16-23-31)43-34(45)32(27-48-51(5,6)38(2,3)4)36(43)50-33(44)24-17-25-42-28-39-40-41-42/h7-16,18-23,28,32,36H,1,17,24-27H2,2-6H3/t32-,36+/m0/s1. The summed E-state index contributed by atoms with van der Waals surface area (Å²) < 4.78 is 14.1. The molecule has 51 heavy (non-hydrogen) atoms. The molecular formula is C38H46N5O5PSSi. The number of hydrogen-bond acceptors (Lipinski definition) is 9. The average Bonchev–Trinajstić information content (AvgIpc) is 3.65. The highest BCUT2D eigenvalue weighted by Gasteiger charge is 2.55. The third-order valence-corrected chi connectivity index (χ3v) is 19.5. The van der Waals surface area contributed by atoms with E-state index in [0.29, 0.717) is 13.0 Å². The molecule has 0 unspecified atom stereocenters. The summed E-state index contributed by atoms with van der Waals surface area (Å²) in [5.74, 6) is -1.56. The second-order valence-corrected chi connectivity index (χ2v) is 23.1. The number of tetrazole rings is 1. The van der Waals surface area contributed by atoms with Gasteiger partial charge in [0.25, 0.3) is 0 Å². The van der Waals surface area contributed by atoms with Crippen molar-refractivity contribution in [3.05, 3.63) is 110 Å². The molecule has 5 rings (SSSR count). The summed E-state index contributed by atoms with van der Waals surface area (Å²) in [4.78, 5) is 44.8. The van der Waals surface area contributed by atoms with Crippen LogP contribution in [0, 0.1) is 5.92 Å². The summed E-state index contributed by atoms with van der Waals surface area (Å²) in [5, 5.41) is 13.0. The number of benzene rings is 3. The van der Waals surface area contributed by atoms with Crippen LogP contribution in [0.1, 0.15) is 33.6 Å². The van der Waals surface area contributed by atoms with Crippen LogP contribution in [0.15, 0.2) is 110 Å². The number of esters is 1. The molecule has 13 heteroatoms. The normalized spacial score (nSPS) is 16.3. The number of hydrogen-bond donors (Lipinski definition) is 0. The van der Waals surface area contributed by atoms with E-state index >= 15 is 0 Å². The minimum absolute atomic E-state index is 0.0471. The predicted molar refractivity (Wildman–Crippen MR) is 208 cm³/mol. The van der Waals surface area contributed by atoms with Crippen molar-refractivity contribution in [3.63, 3.8) is 0 Å². The van der Waals surface area contributed by atoms with Crippen LogP contribution < -0.4 is 15.9 Å². The van der Waals surface area contributed by atoms with Gasteiger partial charge in [-0.05, 0) is 50.9 Å². The zero-order valence-electron chi connectivity index (χ0n) is 29.8. The second kappa shape index (κ2) is 16.5. The van der Waals surface area contributed by atoms with Crippen molar-refractivity contribution in [2.24, 2.45) is 5.92 Å². The first kappa shape index (κ1) is 38.1. The summed E-state index contributed by atoms with van der Waals surface area (Å²) in [5.41, 5.74) is 0.223. The number of aryl methyl sites for hydroxylation is 1. The summed E-state index contributed by atoms with van der Waals surface area (Å²) in [7, 11) is -2.27. The minimum Gasteiger partial charge on any atom is -0.457 e. The molecule has 1 aromatic heterocycles. The molecule has 10 nitrogen and oxygen atoms in total. The Bertz CT molecular complexity index is 1770. The van der Waals surface area contributed by atoms with Gasteiger partial charge in [-0.3, -0.25) is 14.5 Å². The van der Waals surface area contributed by atoms with Gasteiger partial charge in [0, 0.05) is 26.5 Å². The first-order chi connectivity index (χ1) is 24.4. The fraction of sp³-hybridized carbons (Fsp3) is 0.342. The van der Waals surface area contributed by atoms with E-state index in [1.54, 1.807) is 9.58 Å². The first-order valence-corrected chi connectivity index (χ1v) is 22.6. The number of nitrogens with zero attached hydrogens (tertiary/aromatic N) is 5. The molecule has 4 aromatic rings. The van der Waals surface area contributed by atoms with Gasteiger partial charge in [-0.25, -0.2) is 9.48 Å². The number of rotatable bonds is 15. The molecule has 0 radical (unpaired) electrons. The quantitative estimate of drug-likeness (QED) is 0.0521. The maximum Gasteiger partial charge on any atom is 0.356 e. The lowest BCUT2D eigenvalue weighted by Crippen LogP contribution is -2.66. The number of ether oxygens (including phenoxy) is 1. The lowest BCUT2D eigenvalue weighted by Gasteiger charge is -2.50. The highest BCUT2D eigenvalue weighted by molar-refractivity contribution is 8.14. The van der Waals surface area contributed by atoms with Crippen LogP contribution in [0.2, 0.25) is 18.1 Å². The van der Waals surface area contributed by atoms with Gasteiger partial charge in [-0.1, -0.05) is 136 Å². The van der Waals surface area contributed by atoms with Crippen LogP contribution in [0.5, 0.6) is 0 Å². The molecule has 1 aliphatic rings. The highest BCUT2D eigenvalue weighted by Crippen LogP contribution is 2.51. The number of carbonyl (C=O) groups is 3. The fourth-order valence-electron chi connectivity index (χ4n) is 5.78. The van der Waals surface area contributed by atoms with E-state index in [2.05, 4.69) is 56.0 Å². The van der Waals surface area contributed by atoms with E-state index < -0.39 is 32.5 Å². The molecule has 0 saturated carbocycles. The lowest BCUT2D eigenvalue weighted by molar-refractivity contribution is -0.148. The number of thioether (sulfide) groups is 1. The van der Waals surface area contributed by atoms with Gasteiger partial charge in [0.05, 0.1) is 5.92 Å². The van der Waals surface area contributed by atoms with Gasteiger partial charge in [-0.2, -0.15) is 0 Å². The van der Waals surface area contributed by atoms with E-state index in [1.165, 1.54) is 12.4 Å². The van der Waals surface area contributed by atoms with Gasteiger partial charge in [-0.15, -0.1) is 5.10 Å². The van der Waals surface area contributed by atoms with Gasteiger partial charge in [0.15, 0.2) is 13.4 Å². The Hall–Kier alpha value is -4.09. The van der Waals surface area contributed by atoms with E-state index in [1.807, 2.05) is 91.0 Å². The van der Waals surface area contributed by atoms with Crippen LogP contribution in [0.3, 0.4) is 0 Å². The molecule has 0 bridgehead atoms. The Balaban J connectivity index is 1.71. The van der Waals surface area contributed by atoms with Crippen molar-refractivity contribution in [2.75, 3.05) is 13.2 Å². The SMILES string of the molecule is C=CCOC(=O)C(N1C(=O)[C@H](CO[Si](C)(C)C(C)(C)C)[C@H]1SC(=O)CCCn1cnnn1)=P(c1ccccc1)(c1ccccc1)c1ccccc1. The predicted octanol–water partition coefficient (Wildman–Crippen LogP) is 5.37. The Morgan fingerprint density at radius 3 is 1.96 bits per heavy atom. The molecule has 3 aromatic carbocycles. The van der Waals surface area contributed by atoms with Crippen molar-refractivity contribution in [1.82, 2.24) is 25.1 Å². The highest BCUT2D eigenvalue weighted by atomic mass is 32.2. The third-order valence-electron chi connectivity index (χ3n) is 9.49. The molecule has 0 aliphatic carbocycles. The van der Waals surface area contributed by atoms with E-state index in [4.69, 9.17) is 9.16 Å². The fourth-order valence-corrected chi connectivity index (χ4v) is 12.5. The Kier molecular flexibility index (Phi) is 12.3. The summed E-state index contributed by atoms with van der Waals surface area (Å²) in [6.07, 6.45) is 3.76. The molecular weight excluding hydrogens is 698 g/mol. The number of likely N-dealkylation sites (tertiary alicyclic amines) is 1. The largest absolute Gasteiger partial charge is 0.457 e. The van der Waals surface area contributed by atoms with Crippen LogP contribution >= 0.6 is 18.6 Å². The van der Waals surface area contributed by atoms with Gasteiger partial charge in [0.1, 0.15) is 23.7 Å². The molecule has 0 N–H and O–H groups in total. The van der Waals surface area contributed by atoms with Crippen molar-refractivity contribution in [3.8, 4) is 0 Å². The van der Waals surface area contributed by atoms with Crippen LogP contribution in [-0.2, 0) is 30.1 Å². The molecule has 268 valence electrons. The number of aromatic nitrogens is 4. The van der Waals surface area contributed by atoms with Gasteiger partial charge in [0.2, 0.25) is 5.91 Å². The Morgan fingerprint density at radius 1 is 0.941 bits per heavy atom. The van der Waals surface area contributed by atoms with Crippen molar-refractivity contribution >= 4 is 65.3 Å². The molecule has 2 atom stereocenters. The van der Waals surface area contributed by atoms with Crippen LogP contribution in [0.25, 0.3) is 0 Å². The Labute approximate surface area is 305 Å². The summed E-state index contributed by atoms with van der Waals surface area (Å²) in [6, 6.07) is 29.5. The Morgan fingerprint density at radius 2 is 1.49 bits per heavy atom. The smallest absolute Gasteiger partial charge is 0.356 e. The maximum atomic E-state index is 14.7. The molecule has 1 aliphatic heterocycles. The van der Waals surface area contributed by atoms with Crippen molar-refractivity contribution in [1.29, 1.82) is 0 Å². The van der Waals surface area contributed by atoms with Crippen molar-refractivity contribution < 1.29 is 23.5 Å². The maximum absolute atomic E-state index is 14.7. The number of carbonyl (C=O) groups excluding carboxylic acids is 3. The van der Waals surface area contributed by atoms with Crippen molar-refractivity contribution in [2.45, 2.75) is 63.7 Å². The second-order valence-electron chi connectivity index (χ2n) is 13.8. The van der Waals surface area contributed by atoms with E-state index in [-0.39, 0.29) is 41.1 Å². The summed E-state index contributed by atoms with van der Waals surface area (Å²) >= 11 is 1.08. The van der Waals surface area contributed by atoms with Gasteiger partial charge >= 0.3 is 5.97 Å². The zero-order chi connectivity index (χ0) is 36.6. The van der Waals surface area contributed by atoms with E-state index in [9.17, 15) is 14.4 Å². The van der Waals surface area contributed by atoms with Crippen LogP contribution in [-0.4, -0.2) is 74.4 Å². The molecule has 2 heterocycles. The first-order valence-electron chi connectivity index (χ1n) is 17.0. The molecule has 1 saturated heterocycles. The molecule has 0 spiro atoms. The van der Waals surface area contributed by atoms with Gasteiger partial charge < -0.3 is 9.16 Å². The third kappa shape index (κ3) is 8.20. The number of β-lactam (4-membered cyclic amide) rings is 1. The average molecular weight is 744 g/mol. The molecule has 1 amide bonds. The van der Waals surface area contributed by atoms with Crippen LogP contribution in [0.4, 0.5) is 0 Å². The monoisotopic (exact) mass is 743 g/mol. The lowest BCUT2D eigenvalue weighted by atomic mass is 9.99. The number of amides is 1. The van der Waals surface area contributed by atoms with E-state index in [0.717, 1.165) is 27.7 Å². The summed E-state index contributed by atoms with van der Waals surface area (Å²) in [6.45, 7) is 11.9. The minimum atomic E-state index is -3.13.